The average molecular weight is 266 g/mol. The highest BCUT2D eigenvalue weighted by atomic mass is 35.5. The molecular weight excluding hydrogens is 242 g/mol. The van der Waals surface area contributed by atoms with Crippen LogP contribution in [0.2, 0.25) is 0 Å². The zero-order chi connectivity index (χ0) is 13.3. The summed E-state index contributed by atoms with van der Waals surface area (Å²) >= 11 is 6.12. The fraction of sp³-hybridized carbons (Fsp3) is 0.917. The lowest BCUT2D eigenvalue weighted by Gasteiger charge is -2.21. The number of methoxy groups -OCH3 is 1. The molecule has 0 saturated carbocycles. The van der Waals surface area contributed by atoms with E-state index < -0.39 is 0 Å². The van der Waals surface area contributed by atoms with E-state index >= 15 is 0 Å². The van der Waals surface area contributed by atoms with Crippen molar-refractivity contribution in [2.24, 2.45) is 5.41 Å². The zero-order valence-corrected chi connectivity index (χ0v) is 12.0. The molecule has 0 aliphatic heterocycles. The van der Waals surface area contributed by atoms with Crippen molar-refractivity contribution in [3.05, 3.63) is 0 Å². The Hall–Kier alpha value is -0.320. The van der Waals surface area contributed by atoms with Gasteiger partial charge in [0.25, 0.3) is 0 Å². The van der Waals surface area contributed by atoms with Crippen molar-refractivity contribution in [2.75, 3.05) is 33.5 Å². The normalized spacial score (nSPS) is 13.5. The van der Waals surface area contributed by atoms with Crippen molar-refractivity contribution in [2.45, 2.75) is 32.6 Å². The predicted molar refractivity (Wildman–Crippen MR) is 69.4 cm³/mol. The fourth-order valence-electron chi connectivity index (χ4n) is 1.32. The maximum atomic E-state index is 11.3. The van der Waals surface area contributed by atoms with Crippen LogP contribution in [0.3, 0.4) is 0 Å². The van der Waals surface area contributed by atoms with E-state index in [1.165, 1.54) is 0 Å². The first-order valence-corrected chi connectivity index (χ1v) is 6.26. The van der Waals surface area contributed by atoms with Crippen molar-refractivity contribution < 1.29 is 14.3 Å². The van der Waals surface area contributed by atoms with Gasteiger partial charge in [-0.15, -0.1) is 11.6 Å². The minimum absolute atomic E-state index is 0.0436. The molecule has 0 saturated heterocycles. The summed E-state index contributed by atoms with van der Waals surface area (Å²) in [4.78, 5) is 11.3. The van der Waals surface area contributed by atoms with Crippen LogP contribution in [0.1, 0.15) is 27.2 Å². The molecule has 0 aromatic carbocycles. The van der Waals surface area contributed by atoms with Gasteiger partial charge in [-0.1, -0.05) is 20.8 Å². The predicted octanol–water partition coefficient (Wildman–Crippen LogP) is 1.81. The molecule has 1 amide bonds. The van der Waals surface area contributed by atoms with Gasteiger partial charge in [-0.05, 0) is 11.8 Å². The first-order chi connectivity index (χ1) is 7.85. The van der Waals surface area contributed by atoms with Crippen LogP contribution in [0, 0.1) is 5.41 Å². The smallest absolute Gasteiger partial charge is 0.246 e. The van der Waals surface area contributed by atoms with Crippen molar-refractivity contribution in [1.82, 2.24) is 5.32 Å². The van der Waals surface area contributed by atoms with Gasteiger partial charge in [0.05, 0.1) is 18.6 Å². The molecular formula is C12H24ClNO3. The lowest BCUT2D eigenvalue weighted by atomic mass is 9.90. The number of ether oxygens (including phenoxy) is 2. The fourth-order valence-corrected chi connectivity index (χ4v) is 1.86. The highest BCUT2D eigenvalue weighted by Crippen LogP contribution is 2.23. The number of hydrogen-bond acceptors (Lipinski definition) is 3. The topological polar surface area (TPSA) is 47.6 Å². The summed E-state index contributed by atoms with van der Waals surface area (Å²) in [6.45, 7) is 7.83. The van der Waals surface area contributed by atoms with E-state index in [1.54, 1.807) is 7.11 Å². The molecule has 102 valence electrons. The molecule has 0 aromatic heterocycles. The lowest BCUT2D eigenvalue weighted by Crippen LogP contribution is -2.34. The third kappa shape index (κ3) is 11.9. The van der Waals surface area contributed by atoms with Gasteiger partial charge in [0.1, 0.15) is 6.61 Å². The number of halogens is 1. The standard InChI is InChI=1S/C12H24ClNO3/c1-12(2,3)7-10(13)8-14-11(15)9-17-6-5-16-4/h10H,5-9H2,1-4H3,(H,14,15). The molecule has 5 heteroatoms. The Morgan fingerprint density at radius 3 is 2.53 bits per heavy atom. The van der Waals surface area contributed by atoms with E-state index in [0.29, 0.717) is 19.8 Å². The van der Waals surface area contributed by atoms with Crippen molar-refractivity contribution >= 4 is 17.5 Å². The molecule has 0 fully saturated rings. The summed E-state index contributed by atoms with van der Waals surface area (Å²) in [6.07, 6.45) is 0.860. The Balaban J connectivity index is 3.56. The second kappa shape index (κ2) is 8.72. The lowest BCUT2D eigenvalue weighted by molar-refractivity contribution is -0.126. The van der Waals surface area contributed by atoms with E-state index in [-0.39, 0.29) is 23.3 Å². The molecule has 0 spiro atoms. The van der Waals surface area contributed by atoms with Crippen molar-refractivity contribution in [3.8, 4) is 0 Å². The van der Waals surface area contributed by atoms with Crippen LogP contribution in [-0.2, 0) is 14.3 Å². The molecule has 1 N–H and O–H groups in total. The molecule has 1 atom stereocenters. The Labute approximate surface area is 109 Å². The van der Waals surface area contributed by atoms with E-state index in [9.17, 15) is 4.79 Å². The third-order valence-corrected chi connectivity index (χ3v) is 2.33. The van der Waals surface area contributed by atoms with E-state index in [0.717, 1.165) is 6.42 Å². The molecule has 4 nitrogen and oxygen atoms in total. The monoisotopic (exact) mass is 265 g/mol. The first kappa shape index (κ1) is 16.7. The Morgan fingerprint density at radius 2 is 2.00 bits per heavy atom. The van der Waals surface area contributed by atoms with Crippen molar-refractivity contribution in [3.63, 3.8) is 0 Å². The number of hydrogen-bond donors (Lipinski definition) is 1. The maximum Gasteiger partial charge on any atom is 0.246 e. The Morgan fingerprint density at radius 1 is 1.35 bits per heavy atom. The Bertz CT molecular complexity index is 216. The number of nitrogens with one attached hydrogen (secondary N) is 1. The van der Waals surface area contributed by atoms with E-state index in [2.05, 4.69) is 26.1 Å². The first-order valence-electron chi connectivity index (χ1n) is 5.82. The molecule has 0 radical (unpaired) electrons. The number of alkyl halides is 1. The van der Waals surface area contributed by atoms with Crippen LogP contribution >= 0.6 is 11.6 Å². The molecule has 1 unspecified atom stereocenters. The third-order valence-electron chi connectivity index (χ3n) is 2.02. The van der Waals surface area contributed by atoms with Gasteiger partial charge in [0, 0.05) is 13.7 Å². The molecule has 0 bridgehead atoms. The number of carbonyl (C=O) groups is 1. The van der Waals surface area contributed by atoms with Gasteiger partial charge in [0.2, 0.25) is 5.91 Å². The summed E-state index contributed by atoms with van der Waals surface area (Å²) in [5, 5.41) is 2.70. The summed E-state index contributed by atoms with van der Waals surface area (Å²) in [6, 6.07) is 0. The van der Waals surface area contributed by atoms with Gasteiger partial charge in [-0.25, -0.2) is 0 Å². The Kier molecular flexibility index (Phi) is 8.56. The number of rotatable bonds is 8. The second-order valence-electron chi connectivity index (χ2n) is 5.21. The summed E-state index contributed by atoms with van der Waals surface area (Å²) in [5.41, 5.74) is 0.173. The van der Waals surface area contributed by atoms with E-state index in [4.69, 9.17) is 21.1 Å². The molecule has 0 heterocycles. The molecule has 17 heavy (non-hydrogen) atoms. The summed E-state index contributed by atoms with van der Waals surface area (Å²) in [7, 11) is 1.59. The van der Waals surface area contributed by atoms with Crippen molar-refractivity contribution in [1.29, 1.82) is 0 Å². The SMILES string of the molecule is COCCOCC(=O)NCC(Cl)CC(C)(C)C. The zero-order valence-electron chi connectivity index (χ0n) is 11.2. The van der Waals surface area contributed by atoms with Gasteiger partial charge in [-0.3, -0.25) is 4.79 Å². The van der Waals surface area contributed by atoms with Gasteiger partial charge < -0.3 is 14.8 Å². The minimum Gasteiger partial charge on any atom is -0.382 e. The molecule has 0 aliphatic carbocycles. The largest absolute Gasteiger partial charge is 0.382 e. The van der Waals surface area contributed by atoms with Crippen LogP contribution in [0.15, 0.2) is 0 Å². The van der Waals surface area contributed by atoms with Crippen LogP contribution in [-0.4, -0.2) is 44.8 Å². The summed E-state index contributed by atoms with van der Waals surface area (Å²) in [5.74, 6) is -0.138. The van der Waals surface area contributed by atoms with Crippen LogP contribution in [0.5, 0.6) is 0 Å². The second-order valence-corrected chi connectivity index (χ2v) is 5.83. The van der Waals surface area contributed by atoms with Crippen LogP contribution in [0.4, 0.5) is 0 Å². The van der Waals surface area contributed by atoms with E-state index in [1.807, 2.05) is 0 Å². The van der Waals surface area contributed by atoms with Gasteiger partial charge in [-0.2, -0.15) is 0 Å². The molecule has 0 rings (SSSR count). The summed E-state index contributed by atoms with van der Waals surface area (Å²) < 4.78 is 9.89. The van der Waals surface area contributed by atoms with Gasteiger partial charge >= 0.3 is 0 Å². The highest BCUT2D eigenvalue weighted by Gasteiger charge is 2.17. The quantitative estimate of drug-likeness (QED) is 0.538. The highest BCUT2D eigenvalue weighted by molar-refractivity contribution is 6.20. The molecule has 0 aliphatic rings. The number of amides is 1. The van der Waals surface area contributed by atoms with Crippen LogP contribution in [0.25, 0.3) is 0 Å². The van der Waals surface area contributed by atoms with Gasteiger partial charge in [0.15, 0.2) is 0 Å². The van der Waals surface area contributed by atoms with Crippen LogP contribution < -0.4 is 5.32 Å². The number of carbonyl (C=O) groups excluding carboxylic acids is 1. The average Bonchev–Trinajstić information content (AvgIpc) is 2.19. The maximum absolute atomic E-state index is 11.3. The molecule has 0 aromatic rings. The minimum atomic E-state index is -0.138.